The van der Waals surface area contributed by atoms with E-state index in [1.165, 1.54) is 31.4 Å². The van der Waals surface area contributed by atoms with Crippen LogP contribution in [0.25, 0.3) is 0 Å². The van der Waals surface area contributed by atoms with E-state index < -0.39 is 0 Å². The maximum absolute atomic E-state index is 4.55. The van der Waals surface area contributed by atoms with Crippen molar-refractivity contribution in [1.82, 2.24) is 15.1 Å². The summed E-state index contributed by atoms with van der Waals surface area (Å²) in [4.78, 5) is 0. The average Bonchev–Trinajstić information content (AvgIpc) is 2.94. The first-order valence-electron chi connectivity index (χ1n) is 7.46. The lowest BCUT2D eigenvalue weighted by Crippen LogP contribution is -2.36. The lowest BCUT2D eigenvalue weighted by molar-refractivity contribution is 0.212. The minimum absolute atomic E-state index is 0.352. The third-order valence-corrected chi connectivity index (χ3v) is 5.01. The van der Waals surface area contributed by atoms with E-state index in [9.17, 15) is 0 Å². The van der Waals surface area contributed by atoms with Crippen molar-refractivity contribution >= 4 is 15.9 Å². The van der Waals surface area contributed by atoms with E-state index in [1.54, 1.807) is 0 Å². The molecule has 1 fully saturated rings. The van der Waals surface area contributed by atoms with E-state index in [0.717, 1.165) is 11.0 Å². The smallest absolute Gasteiger partial charge is 0.0704 e. The van der Waals surface area contributed by atoms with Gasteiger partial charge in [-0.3, -0.25) is 4.68 Å². The van der Waals surface area contributed by atoms with Crippen molar-refractivity contribution < 1.29 is 0 Å². The van der Waals surface area contributed by atoms with Crippen molar-refractivity contribution in [3.05, 3.63) is 16.4 Å². The number of nitrogens with one attached hydrogen (secondary N) is 1. The van der Waals surface area contributed by atoms with Crippen LogP contribution in [-0.2, 0) is 0 Å². The highest BCUT2D eigenvalue weighted by molar-refractivity contribution is 9.10. The molecule has 0 aromatic carbocycles. The maximum atomic E-state index is 4.55. The molecule has 1 atom stereocenters. The molecule has 1 aromatic rings. The summed E-state index contributed by atoms with van der Waals surface area (Å²) in [6.45, 7) is 10.0. The van der Waals surface area contributed by atoms with E-state index >= 15 is 0 Å². The lowest BCUT2D eigenvalue weighted by atomic mass is 9.79. The van der Waals surface area contributed by atoms with E-state index in [-0.39, 0.29) is 0 Å². The van der Waals surface area contributed by atoms with Gasteiger partial charge >= 0.3 is 0 Å². The molecule has 19 heavy (non-hydrogen) atoms. The summed E-state index contributed by atoms with van der Waals surface area (Å²) in [6.07, 6.45) is 7.26. The quantitative estimate of drug-likeness (QED) is 0.865. The van der Waals surface area contributed by atoms with Crippen LogP contribution >= 0.6 is 15.9 Å². The molecule has 4 heteroatoms. The van der Waals surface area contributed by atoms with Crippen molar-refractivity contribution in [2.75, 3.05) is 6.54 Å². The Labute approximate surface area is 125 Å². The van der Waals surface area contributed by atoms with Crippen LogP contribution in [0.1, 0.15) is 71.2 Å². The fraction of sp³-hybridized carbons (Fsp3) is 0.800. The predicted octanol–water partition coefficient (Wildman–Crippen LogP) is 4.46. The lowest BCUT2D eigenvalue weighted by Gasteiger charge is -2.36. The molecule has 0 bridgehead atoms. The molecule has 0 amide bonds. The molecule has 1 saturated carbocycles. The fourth-order valence-corrected chi connectivity index (χ4v) is 3.88. The average molecular weight is 328 g/mol. The topological polar surface area (TPSA) is 29.9 Å². The van der Waals surface area contributed by atoms with Crippen LogP contribution in [0.2, 0.25) is 0 Å². The van der Waals surface area contributed by atoms with Gasteiger partial charge in [0.25, 0.3) is 0 Å². The molecule has 1 heterocycles. The zero-order valence-corrected chi connectivity index (χ0v) is 14.1. The highest BCUT2D eigenvalue weighted by Crippen LogP contribution is 2.48. The van der Waals surface area contributed by atoms with Crippen LogP contribution in [0.15, 0.2) is 10.7 Å². The SMILES string of the molecule is CCNC(c1c(Br)cnn1C(C)C)C1(C)CCCC1. The zero-order valence-electron chi connectivity index (χ0n) is 12.5. The van der Waals surface area contributed by atoms with Gasteiger partial charge in [0.2, 0.25) is 0 Å². The Morgan fingerprint density at radius 1 is 1.42 bits per heavy atom. The first-order valence-corrected chi connectivity index (χ1v) is 8.25. The number of halogens is 1. The van der Waals surface area contributed by atoms with Crippen molar-refractivity contribution in [2.45, 2.75) is 65.5 Å². The second-order valence-corrected chi connectivity index (χ2v) is 7.12. The van der Waals surface area contributed by atoms with E-state index in [2.05, 4.69) is 58.7 Å². The maximum Gasteiger partial charge on any atom is 0.0704 e. The molecule has 1 unspecified atom stereocenters. The number of hydrogen-bond donors (Lipinski definition) is 1. The standard InChI is InChI=1S/C15H26BrN3/c1-5-17-14(15(4)8-6-7-9-15)13-12(16)10-18-19(13)11(2)3/h10-11,14,17H,5-9H2,1-4H3. The number of nitrogens with zero attached hydrogens (tertiary/aromatic N) is 2. The predicted molar refractivity (Wildman–Crippen MR) is 83.3 cm³/mol. The summed E-state index contributed by atoms with van der Waals surface area (Å²) in [5.74, 6) is 0. The van der Waals surface area contributed by atoms with Crippen molar-refractivity contribution in [3.8, 4) is 0 Å². The molecule has 0 spiro atoms. The fourth-order valence-electron chi connectivity index (χ4n) is 3.38. The molecule has 3 nitrogen and oxygen atoms in total. The molecule has 1 N–H and O–H groups in total. The summed E-state index contributed by atoms with van der Waals surface area (Å²) in [6, 6.07) is 0.784. The molecule has 0 saturated heterocycles. The second kappa shape index (κ2) is 5.96. The highest BCUT2D eigenvalue weighted by atomic mass is 79.9. The molecule has 1 aliphatic carbocycles. The number of aromatic nitrogens is 2. The second-order valence-electron chi connectivity index (χ2n) is 6.27. The Morgan fingerprint density at radius 3 is 2.58 bits per heavy atom. The summed E-state index contributed by atoms with van der Waals surface area (Å²) in [7, 11) is 0. The first-order chi connectivity index (χ1) is 8.99. The van der Waals surface area contributed by atoms with Gasteiger partial charge in [-0.25, -0.2) is 0 Å². The molecule has 1 aliphatic rings. The van der Waals surface area contributed by atoms with Crippen molar-refractivity contribution in [1.29, 1.82) is 0 Å². The van der Waals surface area contributed by atoms with E-state index in [1.807, 2.05) is 6.20 Å². The van der Waals surface area contributed by atoms with E-state index in [4.69, 9.17) is 0 Å². The van der Waals surface area contributed by atoms with Gasteiger partial charge in [0.15, 0.2) is 0 Å². The molecule has 2 rings (SSSR count). The van der Waals surface area contributed by atoms with Crippen LogP contribution in [-0.4, -0.2) is 16.3 Å². The highest BCUT2D eigenvalue weighted by Gasteiger charge is 2.40. The Bertz CT molecular complexity index is 419. The molecule has 108 valence electrons. The Kier molecular flexibility index (Phi) is 4.72. The van der Waals surface area contributed by atoms with Crippen LogP contribution in [0.4, 0.5) is 0 Å². The summed E-state index contributed by atoms with van der Waals surface area (Å²) in [5.41, 5.74) is 1.67. The van der Waals surface area contributed by atoms with Crippen LogP contribution in [0.3, 0.4) is 0 Å². The van der Waals surface area contributed by atoms with Gasteiger partial charge in [0, 0.05) is 6.04 Å². The van der Waals surface area contributed by atoms with Crippen molar-refractivity contribution in [3.63, 3.8) is 0 Å². The Morgan fingerprint density at radius 2 is 2.05 bits per heavy atom. The first kappa shape index (κ1) is 15.0. The van der Waals surface area contributed by atoms with Gasteiger partial charge in [-0.2, -0.15) is 5.10 Å². The Balaban J connectivity index is 2.41. The number of hydrogen-bond acceptors (Lipinski definition) is 2. The van der Waals surface area contributed by atoms with Gasteiger partial charge in [0.05, 0.1) is 22.4 Å². The van der Waals surface area contributed by atoms with E-state index in [0.29, 0.717) is 17.5 Å². The number of rotatable bonds is 5. The van der Waals surface area contributed by atoms with Crippen LogP contribution in [0.5, 0.6) is 0 Å². The minimum Gasteiger partial charge on any atom is -0.308 e. The van der Waals surface area contributed by atoms with Gasteiger partial charge in [-0.05, 0) is 54.6 Å². The minimum atomic E-state index is 0.352. The summed E-state index contributed by atoms with van der Waals surface area (Å²) >= 11 is 3.70. The monoisotopic (exact) mass is 327 g/mol. The van der Waals surface area contributed by atoms with Gasteiger partial charge in [-0.15, -0.1) is 0 Å². The molecule has 0 aliphatic heterocycles. The van der Waals surface area contributed by atoms with Crippen molar-refractivity contribution in [2.24, 2.45) is 5.41 Å². The van der Waals surface area contributed by atoms with Gasteiger partial charge < -0.3 is 5.32 Å². The third kappa shape index (κ3) is 2.89. The van der Waals surface area contributed by atoms with Gasteiger partial charge in [0.1, 0.15) is 0 Å². The summed E-state index contributed by atoms with van der Waals surface area (Å²) < 4.78 is 3.31. The largest absolute Gasteiger partial charge is 0.308 e. The van der Waals surface area contributed by atoms with Gasteiger partial charge in [-0.1, -0.05) is 26.7 Å². The summed E-state index contributed by atoms with van der Waals surface area (Å²) in [5, 5.41) is 8.26. The van der Waals surface area contributed by atoms with Crippen LogP contribution < -0.4 is 5.32 Å². The normalized spacial score (nSPS) is 20.1. The molecule has 0 radical (unpaired) electrons. The molecular weight excluding hydrogens is 302 g/mol. The third-order valence-electron chi connectivity index (χ3n) is 4.40. The Hall–Kier alpha value is -0.350. The zero-order chi connectivity index (χ0) is 14.0. The van der Waals surface area contributed by atoms with Crippen LogP contribution in [0, 0.1) is 5.41 Å². The molecule has 1 aromatic heterocycles. The molecular formula is C15H26BrN3.